The molecular weight excluding hydrogens is 308 g/mol. The van der Waals surface area contributed by atoms with E-state index < -0.39 is 0 Å². The highest BCUT2D eigenvalue weighted by atomic mass is 16.5. The Morgan fingerprint density at radius 1 is 1.21 bits per heavy atom. The van der Waals surface area contributed by atoms with Gasteiger partial charge in [-0.3, -0.25) is 9.69 Å². The summed E-state index contributed by atoms with van der Waals surface area (Å²) in [6.07, 6.45) is 6.87. The van der Waals surface area contributed by atoms with Crippen LogP contribution in [-0.4, -0.2) is 64.2 Å². The molecule has 1 aliphatic carbocycles. The lowest BCUT2D eigenvalue weighted by atomic mass is 9.90. The number of fused-ring (bicyclic) bond motifs is 1. The molecule has 0 spiro atoms. The molecular formula is C17H26N4O3. The van der Waals surface area contributed by atoms with Crippen LogP contribution in [-0.2, 0) is 9.53 Å². The van der Waals surface area contributed by atoms with Gasteiger partial charge in [0.2, 0.25) is 11.8 Å². The van der Waals surface area contributed by atoms with E-state index in [-0.39, 0.29) is 24.1 Å². The highest BCUT2D eigenvalue weighted by Crippen LogP contribution is 2.32. The van der Waals surface area contributed by atoms with Crippen LogP contribution in [0.15, 0.2) is 4.52 Å². The van der Waals surface area contributed by atoms with Crippen LogP contribution in [0.3, 0.4) is 0 Å². The molecule has 3 unspecified atom stereocenters. The first-order valence-electron chi connectivity index (χ1n) is 9.18. The molecule has 3 atom stereocenters. The van der Waals surface area contributed by atoms with E-state index in [2.05, 4.69) is 19.9 Å². The number of hydrogen-bond acceptors (Lipinski definition) is 6. The minimum atomic E-state index is 0.106. The molecule has 2 aliphatic heterocycles. The van der Waals surface area contributed by atoms with Gasteiger partial charge in [0.1, 0.15) is 0 Å². The number of likely N-dealkylation sites (tertiary alicyclic amines) is 1. The maximum Gasteiger partial charge on any atom is 0.237 e. The Morgan fingerprint density at radius 2 is 2.08 bits per heavy atom. The first-order chi connectivity index (χ1) is 11.7. The second kappa shape index (κ2) is 6.80. The highest BCUT2D eigenvalue weighted by Gasteiger charge is 2.38. The summed E-state index contributed by atoms with van der Waals surface area (Å²) < 4.78 is 11.0. The van der Waals surface area contributed by atoms with Crippen molar-refractivity contribution in [3.63, 3.8) is 0 Å². The van der Waals surface area contributed by atoms with Gasteiger partial charge in [0.15, 0.2) is 5.82 Å². The van der Waals surface area contributed by atoms with Crippen molar-refractivity contribution in [3.05, 3.63) is 11.7 Å². The Balaban J connectivity index is 1.43. The van der Waals surface area contributed by atoms with Crippen molar-refractivity contribution in [2.45, 2.75) is 63.6 Å². The summed E-state index contributed by atoms with van der Waals surface area (Å²) in [5.74, 6) is 1.53. The van der Waals surface area contributed by atoms with Gasteiger partial charge < -0.3 is 14.2 Å². The van der Waals surface area contributed by atoms with E-state index in [0.717, 1.165) is 44.6 Å². The number of carbonyl (C=O) groups excluding carboxylic acids is 1. The summed E-state index contributed by atoms with van der Waals surface area (Å²) in [5, 5.41) is 4.06. The minimum Gasteiger partial charge on any atom is -0.374 e. The van der Waals surface area contributed by atoms with Crippen LogP contribution in [0.2, 0.25) is 0 Å². The van der Waals surface area contributed by atoms with E-state index in [1.165, 1.54) is 12.8 Å². The summed E-state index contributed by atoms with van der Waals surface area (Å²) in [6, 6.07) is 0.378. The third-order valence-corrected chi connectivity index (χ3v) is 5.60. The molecule has 132 valence electrons. The van der Waals surface area contributed by atoms with Gasteiger partial charge in [0.25, 0.3) is 0 Å². The van der Waals surface area contributed by atoms with E-state index in [1.807, 2.05) is 0 Å². The van der Waals surface area contributed by atoms with Gasteiger partial charge in [-0.1, -0.05) is 18.0 Å². The molecule has 3 fully saturated rings. The van der Waals surface area contributed by atoms with Gasteiger partial charge in [-0.2, -0.15) is 4.98 Å². The minimum absolute atomic E-state index is 0.106. The first kappa shape index (κ1) is 16.0. The maximum atomic E-state index is 13.0. The van der Waals surface area contributed by atoms with Crippen molar-refractivity contribution in [2.24, 2.45) is 0 Å². The van der Waals surface area contributed by atoms with Crippen LogP contribution in [0.4, 0.5) is 0 Å². The lowest BCUT2D eigenvalue weighted by Gasteiger charge is -2.44. The van der Waals surface area contributed by atoms with E-state index in [9.17, 15) is 4.79 Å². The van der Waals surface area contributed by atoms with E-state index in [0.29, 0.717) is 19.0 Å². The number of ether oxygens (including phenoxy) is 1. The van der Waals surface area contributed by atoms with Crippen molar-refractivity contribution >= 4 is 5.91 Å². The molecule has 1 saturated carbocycles. The number of rotatable bonds is 3. The number of amides is 1. The quantitative estimate of drug-likeness (QED) is 0.837. The Morgan fingerprint density at radius 3 is 2.92 bits per heavy atom. The van der Waals surface area contributed by atoms with Crippen molar-refractivity contribution in [1.82, 2.24) is 19.9 Å². The second-order valence-corrected chi connectivity index (χ2v) is 7.15. The van der Waals surface area contributed by atoms with Gasteiger partial charge in [-0.05, 0) is 32.2 Å². The maximum absolute atomic E-state index is 13.0. The van der Waals surface area contributed by atoms with Crippen LogP contribution >= 0.6 is 0 Å². The zero-order valence-corrected chi connectivity index (χ0v) is 14.3. The molecule has 1 aromatic heterocycles. The molecule has 0 bridgehead atoms. The van der Waals surface area contributed by atoms with Crippen molar-refractivity contribution < 1.29 is 14.1 Å². The molecule has 24 heavy (non-hydrogen) atoms. The van der Waals surface area contributed by atoms with E-state index in [4.69, 9.17) is 9.26 Å². The largest absolute Gasteiger partial charge is 0.374 e. The fourth-order valence-electron chi connectivity index (χ4n) is 4.43. The number of aryl methyl sites for hydroxylation is 1. The molecule has 1 aromatic rings. The van der Waals surface area contributed by atoms with Crippen molar-refractivity contribution in [1.29, 1.82) is 0 Å². The van der Waals surface area contributed by atoms with Gasteiger partial charge in [-0.15, -0.1) is 0 Å². The average molecular weight is 334 g/mol. The number of carbonyl (C=O) groups is 1. The lowest BCUT2D eigenvalue weighted by molar-refractivity contribution is -0.150. The van der Waals surface area contributed by atoms with Crippen LogP contribution in [0.25, 0.3) is 0 Å². The summed E-state index contributed by atoms with van der Waals surface area (Å²) >= 11 is 0. The molecule has 3 aliphatic rings. The van der Waals surface area contributed by atoms with E-state index >= 15 is 0 Å². The van der Waals surface area contributed by atoms with Gasteiger partial charge in [0.05, 0.1) is 31.3 Å². The van der Waals surface area contributed by atoms with Crippen molar-refractivity contribution in [3.8, 4) is 0 Å². The normalized spacial score (nSPS) is 31.2. The summed E-state index contributed by atoms with van der Waals surface area (Å²) in [7, 11) is 0. The monoisotopic (exact) mass is 334 g/mol. The van der Waals surface area contributed by atoms with Gasteiger partial charge >= 0.3 is 0 Å². The average Bonchev–Trinajstić information content (AvgIpc) is 3.23. The van der Waals surface area contributed by atoms with Crippen LogP contribution in [0.1, 0.15) is 56.3 Å². The third-order valence-electron chi connectivity index (χ3n) is 5.60. The zero-order valence-electron chi connectivity index (χ0n) is 14.3. The summed E-state index contributed by atoms with van der Waals surface area (Å²) in [6.45, 7) is 4.56. The predicted molar refractivity (Wildman–Crippen MR) is 86.3 cm³/mol. The SMILES string of the molecule is Cc1nc(C2CCCN2CC(=O)N2CCOC3CCCCC32)no1. The molecule has 4 rings (SSSR count). The standard InChI is InChI=1S/C17H26N4O3/c1-12-18-17(19-24-12)14-6-4-8-20(14)11-16(22)21-9-10-23-15-7-3-2-5-13(15)21/h13-15H,2-11H2,1H3. The number of aromatic nitrogens is 2. The molecule has 7 heteroatoms. The molecule has 1 amide bonds. The number of hydrogen-bond donors (Lipinski definition) is 0. The first-order valence-corrected chi connectivity index (χ1v) is 9.18. The number of nitrogens with zero attached hydrogens (tertiary/aromatic N) is 4. The molecule has 0 aromatic carbocycles. The summed E-state index contributed by atoms with van der Waals surface area (Å²) in [4.78, 5) is 21.6. The molecule has 0 radical (unpaired) electrons. The number of morpholine rings is 1. The fraction of sp³-hybridized carbons (Fsp3) is 0.824. The zero-order chi connectivity index (χ0) is 16.5. The Bertz CT molecular complexity index is 588. The molecule has 7 nitrogen and oxygen atoms in total. The Kier molecular flexibility index (Phi) is 4.54. The molecule has 3 heterocycles. The fourth-order valence-corrected chi connectivity index (χ4v) is 4.43. The Labute approximate surface area is 142 Å². The molecule has 2 saturated heterocycles. The van der Waals surface area contributed by atoms with Crippen LogP contribution < -0.4 is 0 Å². The van der Waals surface area contributed by atoms with E-state index in [1.54, 1.807) is 6.92 Å². The Hall–Kier alpha value is -1.47. The van der Waals surface area contributed by atoms with Gasteiger partial charge in [-0.25, -0.2) is 0 Å². The topological polar surface area (TPSA) is 71.7 Å². The highest BCUT2D eigenvalue weighted by molar-refractivity contribution is 5.79. The van der Waals surface area contributed by atoms with Crippen LogP contribution in [0, 0.1) is 6.92 Å². The smallest absolute Gasteiger partial charge is 0.237 e. The third kappa shape index (κ3) is 3.07. The predicted octanol–water partition coefficient (Wildman–Crippen LogP) is 1.68. The second-order valence-electron chi connectivity index (χ2n) is 7.15. The van der Waals surface area contributed by atoms with Gasteiger partial charge in [0, 0.05) is 13.5 Å². The van der Waals surface area contributed by atoms with Crippen LogP contribution in [0.5, 0.6) is 0 Å². The van der Waals surface area contributed by atoms with Crippen molar-refractivity contribution in [2.75, 3.05) is 26.2 Å². The lowest BCUT2D eigenvalue weighted by Crippen LogP contribution is -2.56. The molecule has 0 N–H and O–H groups in total. The summed E-state index contributed by atoms with van der Waals surface area (Å²) in [5.41, 5.74) is 0.